The lowest BCUT2D eigenvalue weighted by Gasteiger charge is -2.41. The molecule has 0 aromatic heterocycles. The quantitative estimate of drug-likeness (QED) is 0.132. The number of fused-ring (bicyclic) bond motifs is 1. The normalized spacial score (nSPS) is 24.1. The molecular formula is C36H57N5O5S. The topological polar surface area (TPSA) is 137 Å². The number of hydrogen-bond donors (Lipinski definition) is 4. The van der Waals surface area contributed by atoms with Gasteiger partial charge in [-0.3, -0.25) is 19.2 Å². The van der Waals surface area contributed by atoms with E-state index in [0.29, 0.717) is 6.54 Å². The molecule has 4 unspecified atom stereocenters. The molecule has 1 aliphatic heterocycles. The number of Topliss-reactive ketones (excluding diaryl/α,β-unsaturated/α-hetero) is 1. The van der Waals surface area contributed by atoms with Crippen molar-refractivity contribution in [1.82, 2.24) is 26.2 Å². The fourth-order valence-corrected chi connectivity index (χ4v) is 8.16. The summed E-state index contributed by atoms with van der Waals surface area (Å²) < 4.78 is 0.0479. The van der Waals surface area contributed by atoms with Crippen LogP contribution in [0.3, 0.4) is 0 Å². The fraction of sp³-hybridized carbons (Fsp3) is 0.750. The van der Waals surface area contributed by atoms with E-state index in [1.54, 1.807) is 4.90 Å². The van der Waals surface area contributed by atoms with Gasteiger partial charge in [-0.15, -0.1) is 18.9 Å². The zero-order valence-corrected chi connectivity index (χ0v) is 30.5. The highest BCUT2D eigenvalue weighted by molar-refractivity contribution is 8.00. The molecule has 11 heteroatoms. The Balaban J connectivity index is 1.83. The molecule has 3 rings (SSSR count). The van der Waals surface area contributed by atoms with Crippen LogP contribution in [0.25, 0.3) is 0 Å². The number of rotatable bonds is 13. The SMILES string of the molecule is C#CCCC(NC(=O)C1C2C(CN1C(=O)[C@@H](NC(=O)NC1(CSC(C)(C)C)CCCCC1)C(C)(C)C)C2(C)C)C(=O)C(=O)NCC=C. The average molecular weight is 672 g/mol. The van der Waals surface area contributed by atoms with Crippen LogP contribution in [0.5, 0.6) is 0 Å². The first kappa shape index (κ1) is 38.4. The molecule has 1 heterocycles. The van der Waals surface area contributed by atoms with Gasteiger partial charge in [-0.25, -0.2) is 4.79 Å². The Bertz CT molecular complexity index is 1250. The summed E-state index contributed by atoms with van der Waals surface area (Å²) in [6.07, 6.45) is 12.2. The van der Waals surface area contributed by atoms with E-state index < -0.39 is 41.1 Å². The van der Waals surface area contributed by atoms with Gasteiger partial charge in [-0.05, 0) is 41.9 Å². The number of carbonyl (C=O) groups is 5. The number of piperidine rings is 1. The molecule has 0 radical (unpaired) electrons. The molecule has 47 heavy (non-hydrogen) atoms. The van der Waals surface area contributed by atoms with Crippen LogP contribution >= 0.6 is 11.8 Å². The van der Waals surface area contributed by atoms with E-state index in [1.165, 1.54) is 6.08 Å². The summed E-state index contributed by atoms with van der Waals surface area (Å²) >= 11 is 1.83. The Kier molecular flexibility index (Phi) is 12.3. The van der Waals surface area contributed by atoms with Crippen LogP contribution < -0.4 is 21.3 Å². The van der Waals surface area contributed by atoms with Crippen LogP contribution in [0, 0.1) is 35.0 Å². The fourth-order valence-electron chi connectivity index (χ4n) is 7.09. The highest BCUT2D eigenvalue weighted by Crippen LogP contribution is 2.65. The number of nitrogens with zero attached hydrogens (tertiary/aromatic N) is 1. The van der Waals surface area contributed by atoms with Crippen molar-refractivity contribution in [3.63, 3.8) is 0 Å². The molecule has 3 fully saturated rings. The number of terminal acetylenes is 1. The lowest BCUT2D eigenvalue weighted by Crippen LogP contribution is -2.63. The maximum absolute atomic E-state index is 14.4. The molecule has 2 aliphatic carbocycles. The van der Waals surface area contributed by atoms with Gasteiger partial charge in [0.2, 0.25) is 17.6 Å². The predicted octanol–water partition coefficient (Wildman–Crippen LogP) is 4.19. The van der Waals surface area contributed by atoms with E-state index in [1.807, 2.05) is 32.5 Å². The van der Waals surface area contributed by atoms with Crippen LogP contribution in [0.1, 0.15) is 100 Å². The molecule has 0 bridgehead atoms. The number of amides is 5. The third-order valence-electron chi connectivity index (χ3n) is 9.96. The molecular weight excluding hydrogens is 614 g/mol. The smallest absolute Gasteiger partial charge is 0.315 e. The van der Waals surface area contributed by atoms with E-state index >= 15 is 0 Å². The van der Waals surface area contributed by atoms with Crippen molar-refractivity contribution in [1.29, 1.82) is 0 Å². The molecule has 2 saturated carbocycles. The zero-order valence-electron chi connectivity index (χ0n) is 29.7. The molecule has 0 aromatic carbocycles. The van der Waals surface area contributed by atoms with Crippen molar-refractivity contribution >= 4 is 41.3 Å². The van der Waals surface area contributed by atoms with Crippen LogP contribution in [0.15, 0.2) is 12.7 Å². The Labute approximate surface area is 286 Å². The number of ketones is 1. The van der Waals surface area contributed by atoms with Gasteiger partial charge < -0.3 is 26.2 Å². The van der Waals surface area contributed by atoms with Crippen molar-refractivity contribution < 1.29 is 24.0 Å². The van der Waals surface area contributed by atoms with Crippen molar-refractivity contribution in [3.8, 4) is 12.3 Å². The number of thioether (sulfide) groups is 1. The standard InChI is InChI=1S/C36H57N5O5S/c1-11-13-17-24(27(42)30(44)37-20-12-2)38-29(43)26-25-23(35(25,9)10)21-41(26)31(45)28(33(3,4)5)39-32(46)40-36(18-15-14-16-19-36)22-47-34(6,7)8/h1,12,23-26,28H,2,13-22H2,3-10H3,(H,37,44)(H,38,43)(H2,39,40,46)/t23?,24?,25?,26?,28-/m1/s1. The minimum Gasteiger partial charge on any atom is -0.346 e. The predicted molar refractivity (Wildman–Crippen MR) is 187 cm³/mol. The average Bonchev–Trinajstić information content (AvgIpc) is 3.29. The summed E-state index contributed by atoms with van der Waals surface area (Å²) in [5.74, 6) is 0.743. The molecule has 3 aliphatic rings. The molecule has 0 spiro atoms. The van der Waals surface area contributed by atoms with E-state index in [2.05, 4.69) is 68.4 Å². The Morgan fingerprint density at radius 1 is 1.04 bits per heavy atom. The van der Waals surface area contributed by atoms with Gasteiger partial charge in [0, 0.05) is 30.0 Å². The van der Waals surface area contributed by atoms with Crippen molar-refractivity contribution in [3.05, 3.63) is 12.7 Å². The number of carbonyl (C=O) groups excluding carboxylic acids is 5. The van der Waals surface area contributed by atoms with Gasteiger partial charge in [0.05, 0.1) is 11.6 Å². The third-order valence-corrected chi connectivity index (χ3v) is 11.5. The van der Waals surface area contributed by atoms with Crippen LogP contribution in [-0.2, 0) is 19.2 Å². The number of urea groups is 1. The Hall–Kier alpha value is -3.00. The van der Waals surface area contributed by atoms with E-state index in [4.69, 9.17) is 6.42 Å². The van der Waals surface area contributed by atoms with Crippen molar-refractivity contribution in [2.45, 2.75) is 129 Å². The van der Waals surface area contributed by atoms with E-state index in [0.717, 1.165) is 37.9 Å². The first-order chi connectivity index (χ1) is 21.8. The molecule has 10 nitrogen and oxygen atoms in total. The molecule has 0 aromatic rings. The molecule has 4 N–H and O–H groups in total. The first-order valence-corrected chi connectivity index (χ1v) is 18.0. The summed E-state index contributed by atoms with van der Waals surface area (Å²) in [5.41, 5.74) is -1.20. The van der Waals surface area contributed by atoms with Crippen molar-refractivity contribution in [2.24, 2.45) is 22.7 Å². The van der Waals surface area contributed by atoms with Gasteiger partial charge in [0.25, 0.3) is 5.91 Å². The lowest BCUT2D eigenvalue weighted by atomic mass is 9.83. The Morgan fingerprint density at radius 2 is 1.68 bits per heavy atom. The second-order valence-corrected chi connectivity index (χ2v) is 18.0. The van der Waals surface area contributed by atoms with Gasteiger partial charge >= 0.3 is 6.03 Å². The maximum atomic E-state index is 14.4. The summed E-state index contributed by atoms with van der Waals surface area (Å²) in [6.45, 7) is 20.3. The van der Waals surface area contributed by atoms with Gasteiger partial charge in [0.1, 0.15) is 12.1 Å². The minimum atomic E-state index is -1.14. The van der Waals surface area contributed by atoms with E-state index in [9.17, 15) is 24.0 Å². The molecule has 1 saturated heterocycles. The van der Waals surface area contributed by atoms with Gasteiger partial charge in [-0.2, -0.15) is 11.8 Å². The summed E-state index contributed by atoms with van der Waals surface area (Å²) in [5, 5.41) is 11.5. The summed E-state index contributed by atoms with van der Waals surface area (Å²) in [6, 6.07) is -3.28. The van der Waals surface area contributed by atoms with E-state index in [-0.39, 0.29) is 58.9 Å². The number of nitrogens with one attached hydrogen (secondary N) is 4. The van der Waals surface area contributed by atoms with Crippen LogP contribution in [0.4, 0.5) is 4.79 Å². The highest BCUT2D eigenvalue weighted by Gasteiger charge is 2.70. The van der Waals surface area contributed by atoms with Crippen molar-refractivity contribution in [2.75, 3.05) is 18.8 Å². The zero-order chi connectivity index (χ0) is 35.4. The lowest BCUT2D eigenvalue weighted by molar-refractivity contribution is -0.145. The monoisotopic (exact) mass is 671 g/mol. The highest BCUT2D eigenvalue weighted by atomic mass is 32.2. The third kappa shape index (κ3) is 9.55. The Morgan fingerprint density at radius 3 is 2.23 bits per heavy atom. The summed E-state index contributed by atoms with van der Waals surface area (Å²) in [7, 11) is 0. The summed E-state index contributed by atoms with van der Waals surface area (Å²) in [4.78, 5) is 69.2. The van der Waals surface area contributed by atoms with Crippen LogP contribution in [-0.4, -0.2) is 81.7 Å². The molecule has 262 valence electrons. The second kappa shape index (κ2) is 15.0. The maximum Gasteiger partial charge on any atom is 0.315 e. The minimum absolute atomic E-state index is 0.0479. The number of likely N-dealkylation sites (tertiary alicyclic amines) is 1. The first-order valence-electron chi connectivity index (χ1n) is 17.0. The van der Waals surface area contributed by atoms with Crippen LogP contribution in [0.2, 0.25) is 0 Å². The second-order valence-electron chi connectivity index (χ2n) is 16.2. The van der Waals surface area contributed by atoms with Gasteiger partial charge in [0.15, 0.2) is 0 Å². The molecule has 5 amide bonds. The largest absolute Gasteiger partial charge is 0.346 e. The molecule has 5 atom stereocenters. The number of hydrogen-bond acceptors (Lipinski definition) is 6. The van der Waals surface area contributed by atoms with Gasteiger partial charge in [-0.1, -0.05) is 80.7 Å².